The summed E-state index contributed by atoms with van der Waals surface area (Å²) in [5.74, 6) is 0.163. The maximum absolute atomic E-state index is 13.9. The first kappa shape index (κ1) is 19.4. The molecular formula is C22H21FN4OS. The molecular weight excluding hydrogens is 387 g/mol. The zero-order chi connectivity index (χ0) is 20.1. The van der Waals surface area contributed by atoms with E-state index in [9.17, 15) is 9.18 Å². The summed E-state index contributed by atoms with van der Waals surface area (Å²) in [4.78, 5) is 16.3. The molecule has 7 heteroatoms. The van der Waals surface area contributed by atoms with Crippen LogP contribution in [0.4, 0.5) is 10.1 Å². The maximum Gasteiger partial charge on any atom is 0.233 e. The number of benzene rings is 2. The number of aromatic nitrogens is 2. The van der Waals surface area contributed by atoms with E-state index in [2.05, 4.69) is 10.2 Å². The van der Waals surface area contributed by atoms with Crippen LogP contribution in [0.3, 0.4) is 0 Å². The predicted octanol–water partition coefficient (Wildman–Crippen LogP) is 3.72. The number of thioether (sulfide) groups is 1. The maximum atomic E-state index is 13.9. The molecule has 1 saturated heterocycles. The van der Waals surface area contributed by atoms with Gasteiger partial charge in [0.15, 0.2) is 0 Å². The molecule has 3 aromatic rings. The molecule has 0 radical (unpaired) electrons. The third-order valence-electron chi connectivity index (χ3n) is 4.88. The van der Waals surface area contributed by atoms with E-state index >= 15 is 0 Å². The van der Waals surface area contributed by atoms with Crippen LogP contribution >= 0.6 is 11.8 Å². The van der Waals surface area contributed by atoms with Gasteiger partial charge in [0.1, 0.15) is 10.8 Å². The van der Waals surface area contributed by atoms with Crippen molar-refractivity contribution in [2.24, 2.45) is 0 Å². The van der Waals surface area contributed by atoms with Crippen molar-refractivity contribution >= 4 is 23.4 Å². The van der Waals surface area contributed by atoms with E-state index in [4.69, 9.17) is 0 Å². The highest BCUT2D eigenvalue weighted by molar-refractivity contribution is 7.99. The molecule has 0 aliphatic carbocycles. The number of amides is 1. The van der Waals surface area contributed by atoms with Crippen LogP contribution in [0, 0.1) is 5.82 Å². The number of nitrogens with zero attached hydrogens (tertiary/aromatic N) is 4. The van der Waals surface area contributed by atoms with Gasteiger partial charge < -0.3 is 9.80 Å². The molecule has 2 heterocycles. The van der Waals surface area contributed by atoms with Gasteiger partial charge in [0.2, 0.25) is 5.91 Å². The fourth-order valence-electron chi connectivity index (χ4n) is 3.29. The first-order valence-corrected chi connectivity index (χ1v) is 10.5. The van der Waals surface area contributed by atoms with Crippen LogP contribution in [0.2, 0.25) is 0 Å². The second-order valence-electron chi connectivity index (χ2n) is 6.73. The Balaban J connectivity index is 1.28. The molecule has 1 amide bonds. The predicted molar refractivity (Wildman–Crippen MR) is 113 cm³/mol. The van der Waals surface area contributed by atoms with Crippen LogP contribution in [-0.4, -0.2) is 52.9 Å². The van der Waals surface area contributed by atoms with Gasteiger partial charge in [-0.3, -0.25) is 4.79 Å². The third-order valence-corrected chi connectivity index (χ3v) is 5.78. The number of hydrogen-bond acceptors (Lipinski definition) is 5. The molecule has 0 spiro atoms. The molecule has 1 aromatic heterocycles. The van der Waals surface area contributed by atoms with Gasteiger partial charge in [-0.05, 0) is 24.3 Å². The number of anilines is 1. The topological polar surface area (TPSA) is 49.3 Å². The number of para-hydroxylation sites is 1. The molecule has 1 aliphatic rings. The average molecular weight is 409 g/mol. The van der Waals surface area contributed by atoms with Gasteiger partial charge in [-0.15, -0.1) is 10.2 Å². The minimum absolute atomic E-state index is 0.0668. The Kier molecular flexibility index (Phi) is 6.05. The van der Waals surface area contributed by atoms with Crippen LogP contribution in [0.1, 0.15) is 0 Å². The molecule has 0 atom stereocenters. The van der Waals surface area contributed by atoms with Crippen LogP contribution in [0.25, 0.3) is 11.3 Å². The average Bonchev–Trinajstić information content (AvgIpc) is 2.79. The Labute approximate surface area is 173 Å². The fourth-order valence-corrected chi connectivity index (χ4v) is 4.01. The molecule has 1 aliphatic heterocycles. The minimum atomic E-state index is -0.222. The normalized spacial score (nSPS) is 14.1. The highest BCUT2D eigenvalue weighted by atomic mass is 32.2. The molecule has 0 unspecified atom stereocenters. The number of rotatable bonds is 5. The molecule has 29 heavy (non-hydrogen) atoms. The van der Waals surface area contributed by atoms with Gasteiger partial charge in [-0.2, -0.15) is 0 Å². The van der Waals surface area contributed by atoms with Crippen molar-refractivity contribution in [1.82, 2.24) is 15.1 Å². The summed E-state index contributed by atoms with van der Waals surface area (Å²) in [5, 5.41) is 9.20. The van der Waals surface area contributed by atoms with Gasteiger partial charge in [0, 0.05) is 31.7 Å². The van der Waals surface area contributed by atoms with Crippen molar-refractivity contribution in [2.45, 2.75) is 5.03 Å². The lowest BCUT2D eigenvalue weighted by molar-refractivity contribution is -0.128. The largest absolute Gasteiger partial charge is 0.366 e. The molecule has 2 aromatic carbocycles. The SMILES string of the molecule is O=C(CSc1ccc(-c2ccccc2)nn1)N1CCN(c2ccccc2F)CC1. The number of piperazine rings is 1. The minimum Gasteiger partial charge on any atom is -0.366 e. The summed E-state index contributed by atoms with van der Waals surface area (Å²) in [7, 11) is 0. The van der Waals surface area contributed by atoms with Crippen molar-refractivity contribution in [3.63, 3.8) is 0 Å². The Hall–Kier alpha value is -2.93. The standard InChI is InChI=1S/C22H21FN4OS/c23-18-8-4-5-9-20(18)26-12-14-27(15-13-26)22(28)16-29-21-11-10-19(24-25-21)17-6-2-1-3-7-17/h1-11H,12-16H2. The molecule has 1 fully saturated rings. The lowest BCUT2D eigenvalue weighted by Crippen LogP contribution is -2.49. The van der Waals surface area contributed by atoms with E-state index in [1.54, 1.807) is 12.1 Å². The lowest BCUT2D eigenvalue weighted by Gasteiger charge is -2.36. The van der Waals surface area contributed by atoms with E-state index in [1.165, 1.54) is 17.8 Å². The summed E-state index contributed by atoms with van der Waals surface area (Å²) in [6, 6.07) is 20.4. The number of hydrogen-bond donors (Lipinski definition) is 0. The van der Waals surface area contributed by atoms with Crippen molar-refractivity contribution < 1.29 is 9.18 Å². The zero-order valence-corrected chi connectivity index (χ0v) is 16.7. The van der Waals surface area contributed by atoms with Crippen LogP contribution in [0.5, 0.6) is 0 Å². The molecule has 0 bridgehead atoms. The van der Waals surface area contributed by atoms with Crippen LogP contribution < -0.4 is 4.90 Å². The van der Waals surface area contributed by atoms with Crippen molar-refractivity contribution in [1.29, 1.82) is 0 Å². The van der Waals surface area contributed by atoms with Crippen molar-refractivity contribution in [2.75, 3.05) is 36.8 Å². The smallest absolute Gasteiger partial charge is 0.233 e. The quantitative estimate of drug-likeness (QED) is 0.602. The van der Waals surface area contributed by atoms with Gasteiger partial charge in [0.25, 0.3) is 0 Å². The number of carbonyl (C=O) groups excluding carboxylic acids is 1. The summed E-state index contributed by atoms with van der Waals surface area (Å²) >= 11 is 1.39. The fraction of sp³-hybridized carbons (Fsp3) is 0.227. The molecule has 5 nitrogen and oxygen atoms in total. The van der Waals surface area contributed by atoms with E-state index in [-0.39, 0.29) is 11.7 Å². The zero-order valence-electron chi connectivity index (χ0n) is 15.9. The Morgan fingerprint density at radius 2 is 1.62 bits per heavy atom. The first-order valence-electron chi connectivity index (χ1n) is 9.50. The highest BCUT2D eigenvalue weighted by Crippen LogP contribution is 2.22. The summed E-state index contributed by atoms with van der Waals surface area (Å²) in [6.45, 7) is 2.44. The first-order chi connectivity index (χ1) is 14.2. The van der Waals surface area contributed by atoms with Gasteiger partial charge in [-0.1, -0.05) is 54.2 Å². The number of carbonyl (C=O) groups is 1. The van der Waals surface area contributed by atoms with E-state index in [0.717, 1.165) is 16.3 Å². The monoisotopic (exact) mass is 408 g/mol. The van der Waals surface area contributed by atoms with Gasteiger partial charge in [-0.25, -0.2) is 4.39 Å². The Morgan fingerprint density at radius 3 is 2.31 bits per heavy atom. The molecule has 148 valence electrons. The van der Waals surface area contributed by atoms with E-state index < -0.39 is 0 Å². The number of halogens is 1. The Bertz CT molecular complexity index is 960. The van der Waals surface area contributed by atoms with Crippen molar-refractivity contribution in [3.05, 3.63) is 72.5 Å². The van der Waals surface area contributed by atoms with Crippen LogP contribution in [0.15, 0.2) is 71.8 Å². The molecule has 4 rings (SSSR count). The van der Waals surface area contributed by atoms with Gasteiger partial charge >= 0.3 is 0 Å². The second-order valence-corrected chi connectivity index (χ2v) is 7.73. The Morgan fingerprint density at radius 1 is 0.897 bits per heavy atom. The van der Waals surface area contributed by atoms with Crippen molar-refractivity contribution in [3.8, 4) is 11.3 Å². The third kappa shape index (κ3) is 4.74. The molecule has 0 saturated carbocycles. The second kappa shape index (κ2) is 9.05. The van der Waals surface area contributed by atoms with Crippen LogP contribution in [-0.2, 0) is 4.79 Å². The lowest BCUT2D eigenvalue weighted by atomic mass is 10.1. The van der Waals surface area contributed by atoms with Gasteiger partial charge in [0.05, 0.1) is 17.1 Å². The summed E-state index contributed by atoms with van der Waals surface area (Å²) < 4.78 is 13.9. The summed E-state index contributed by atoms with van der Waals surface area (Å²) in [6.07, 6.45) is 0. The summed E-state index contributed by atoms with van der Waals surface area (Å²) in [5.41, 5.74) is 2.42. The van der Waals surface area contributed by atoms with E-state index in [1.807, 2.05) is 58.3 Å². The highest BCUT2D eigenvalue weighted by Gasteiger charge is 2.22. The van der Waals surface area contributed by atoms with E-state index in [0.29, 0.717) is 37.6 Å². The molecule has 0 N–H and O–H groups in total.